The minimum absolute atomic E-state index is 0.00447. The third-order valence-electron chi connectivity index (χ3n) is 2.93. The third kappa shape index (κ3) is 6.43. The Balaban J connectivity index is 2.54. The number of rotatable bonds is 10. The summed E-state index contributed by atoms with van der Waals surface area (Å²) in [5.74, 6) is 0.330. The van der Waals surface area contributed by atoms with E-state index < -0.39 is 15.9 Å². The van der Waals surface area contributed by atoms with Gasteiger partial charge in [0, 0.05) is 25.8 Å². The Kier molecular flexibility index (Phi) is 7.79. The summed E-state index contributed by atoms with van der Waals surface area (Å²) in [6.07, 6.45) is 0. The highest BCUT2D eigenvalue weighted by atomic mass is 32.2. The Hall–Kier alpha value is -1.84. The molecule has 0 aliphatic carbocycles. The molecular formula is C14H22N2O6S. The lowest BCUT2D eigenvalue weighted by molar-refractivity contribution is 0.0955. The molecule has 1 aromatic carbocycles. The van der Waals surface area contributed by atoms with Gasteiger partial charge in [-0.1, -0.05) is 0 Å². The van der Waals surface area contributed by atoms with E-state index in [4.69, 9.17) is 14.2 Å². The maximum Gasteiger partial charge on any atom is 0.251 e. The van der Waals surface area contributed by atoms with Crippen LogP contribution in [0.25, 0.3) is 0 Å². The summed E-state index contributed by atoms with van der Waals surface area (Å²) < 4.78 is 40.6. The molecule has 2 N–H and O–H groups in total. The minimum atomic E-state index is -3.44. The van der Waals surface area contributed by atoms with Gasteiger partial charge in [0.25, 0.3) is 5.91 Å². The molecule has 0 aliphatic heterocycles. The van der Waals surface area contributed by atoms with Gasteiger partial charge in [-0.25, -0.2) is 13.1 Å². The van der Waals surface area contributed by atoms with E-state index >= 15 is 0 Å². The van der Waals surface area contributed by atoms with Crippen LogP contribution in [0.1, 0.15) is 10.4 Å². The number of amides is 1. The Bertz CT molecular complexity index is 618. The Morgan fingerprint density at radius 2 is 1.78 bits per heavy atom. The summed E-state index contributed by atoms with van der Waals surface area (Å²) in [5.41, 5.74) is 0.354. The van der Waals surface area contributed by atoms with Crippen molar-refractivity contribution in [2.45, 2.75) is 0 Å². The topological polar surface area (TPSA) is 103 Å². The zero-order valence-corrected chi connectivity index (χ0v) is 14.2. The second kappa shape index (κ2) is 9.33. The van der Waals surface area contributed by atoms with E-state index in [9.17, 15) is 13.2 Å². The van der Waals surface area contributed by atoms with Crippen molar-refractivity contribution in [2.24, 2.45) is 0 Å². The van der Waals surface area contributed by atoms with E-state index in [0.717, 1.165) is 0 Å². The summed E-state index contributed by atoms with van der Waals surface area (Å²) in [6, 6.07) is 4.71. The van der Waals surface area contributed by atoms with Crippen molar-refractivity contribution in [3.63, 3.8) is 0 Å². The van der Waals surface area contributed by atoms with Crippen molar-refractivity contribution >= 4 is 15.9 Å². The third-order valence-corrected chi connectivity index (χ3v) is 4.32. The highest BCUT2D eigenvalue weighted by Crippen LogP contribution is 2.27. The summed E-state index contributed by atoms with van der Waals surface area (Å²) in [4.78, 5) is 12.0. The molecule has 0 bridgehead atoms. The van der Waals surface area contributed by atoms with E-state index in [1.54, 1.807) is 12.1 Å². The highest BCUT2D eigenvalue weighted by molar-refractivity contribution is 7.89. The van der Waals surface area contributed by atoms with Gasteiger partial charge < -0.3 is 19.5 Å². The van der Waals surface area contributed by atoms with Gasteiger partial charge in [0.05, 0.1) is 26.6 Å². The van der Waals surface area contributed by atoms with Crippen LogP contribution in [0.15, 0.2) is 18.2 Å². The quantitative estimate of drug-likeness (QED) is 0.578. The molecule has 0 saturated heterocycles. The molecule has 0 atom stereocenters. The number of sulfonamides is 1. The molecule has 0 fully saturated rings. The van der Waals surface area contributed by atoms with Gasteiger partial charge >= 0.3 is 0 Å². The van der Waals surface area contributed by atoms with Crippen molar-refractivity contribution in [2.75, 3.05) is 46.8 Å². The Labute approximate surface area is 136 Å². The zero-order chi connectivity index (χ0) is 17.3. The van der Waals surface area contributed by atoms with Gasteiger partial charge in [0.1, 0.15) is 0 Å². The van der Waals surface area contributed by atoms with Gasteiger partial charge in [-0.05, 0) is 18.2 Å². The van der Waals surface area contributed by atoms with E-state index in [2.05, 4.69) is 10.0 Å². The predicted molar refractivity (Wildman–Crippen MR) is 85.5 cm³/mol. The molecule has 130 valence electrons. The molecule has 9 heteroatoms. The maximum absolute atomic E-state index is 12.0. The zero-order valence-electron chi connectivity index (χ0n) is 13.4. The minimum Gasteiger partial charge on any atom is -0.493 e. The molecule has 0 aliphatic rings. The first-order valence-corrected chi connectivity index (χ1v) is 8.55. The van der Waals surface area contributed by atoms with Crippen LogP contribution in [0, 0.1) is 0 Å². The van der Waals surface area contributed by atoms with Gasteiger partial charge in [0.15, 0.2) is 11.5 Å². The summed E-state index contributed by atoms with van der Waals surface area (Å²) in [6.45, 7) is 0.481. The van der Waals surface area contributed by atoms with Crippen LogP contribution < -0.4 is 19.5 Å². The number of carbonyl (C=O) groups is 1. The first-order valence-electron chi connectivity index (χ1n) is 6.90. The van der Waals surface area contributed by atoms with Gasteiger partial charge in [-0.3, -0.25) is 4.79 Å². The molecule has 0 unspecified atom stereocenters. The molecule has 8 nitrogen and oxygen atoms in total. The van der Waals surface area contributed by atoms with Gasteiger partial charge in [-0.2, -0.15) is 0 Å². The molecule has 1 amide bonds. The summed E-state index contributed by atoms with van der Waals surface area (Å²) >= 11 is 0. The Morgan fingerprint density at radius 3 is 2.39 bits per heavy atom. The van der Waals surface area contributed by atoms with Crippen LogP contribution in [0.5, 0.6) is 11.5 Å². The van der Waals surface area contributed by atoms with E-state index in [1.807, 2.05) is 0 Å². The largest absolute Gasteiger partial charge is 0.493 e. The van der Waals surface area contributed by atoms with Crippen LogP contribution in [0.2, 0.25) is 0 Å². The fraction of sp³-hybridized carbons (Fsp3) is 0.500. The molecular weight excluding hydrogens is 324 g/mol. The lowest BCUT2D eigenvalue weighted by atomic mass is 10.2. The second-order valence-electron chi connectivity index (χ2n) is 4.53. The van der Waals surface area contributed by atoms with E-state index in [0.29, 0.717) is 17.1 Å². The van der Waals surface area contributed by atoms with E-state index in [1.165, 1.54) is 27.4 Å². The van der Waals surface area contributed by atoms with Crippen molar-refractivity contribution in [3.8, 4) is 11.5 Å². The Morgan fingerprint density at radius 1 is 1.09 bits per heavy atom. The number of nitrogens with one attached hydrogen (secondary N) is 2. The van der Waals surface area contributed by atoms with Gasteiger partial charge in [-0.15, -0.1) is 0 Å². The number of benzene rings is 1. The predicted octanol–water partition coefficient (Wildman–Crippen LogP) is -0.000600. The van der Waals surface area contributed by atoms with Gasteiger partial charge in [0.2, 0.25) is 10.0 Å². The molecule has 1 rings (SSSR count). The fourth-order valence-electron chi connectivity index (χ4n) is 1.75. The molecule has 0 spiro atoms. The van der Waals surface area contributed by atoms with Crippen molar-refractivity contribution in [1.82, 2.24) is 10.0 Å². The van der Waals surface area contributed by atoms with Crippen molar-refractivity contribution < 1.29 is 27.4 Å². The summed E-state index contributed by atoms with van der Waals surface area (Å²) in [5, 5.41) is 2.55. The lowest BCUT2D eigenvalue weighted by Crippen LogP contribution is -2.35. The first-order chi connectivity index (χ1) is 10.9. The molecule has 0 saturated carbocycles. The van der Waals surface area contributed by atoms with Crippen LogP contribution >= 0.6 is 0 Å². The molecule has 0 heterocycles. The van der Waals surface area contributed by atoms with Crippen LogP contribution in [0.3, 0.4) is 0 Å². The normalized spacial score (nSPS) is 11.1. The number of carbonyl (C=O) groups excluding carboxylic acids is 1. The average molecular weight is 346 g/mol. The van der Waals surface area contributed by atoms with Crippen LogP contribution in [0.4, 0.5) is 0 Å². The highest BCUT2D eigenvalue weighted by Gasteiger charge is 2.13. The SMILES string of the molecule is COCCNS(=O)(=O)CCNC(=O)c1ccc(OC)c(OC)c1. The van der Waals surface area contributed by atoms with Crippen LogP contribution in [-0.4, -0.2) is 61.1 Å². The standard InChI is InChI=1S/C14H22N2O6S/c1-20-8-6-16-23(18,19)9-7-15-14(17)11-4-5-12(21-2)13(10-11)22-3/h4-5,10,16H,6-9H2,1-3H3,(H,15,17). The number of hydrogen-bond donors (Lipinski definition) is 2. The second-order valence-corrected chi connectivity index (χ2v) is 6.46. The number of methoxy groups -OCH3 is 3. The molecule has 23 heavy (non-hydrogen) atoms. The number of ether oxygens (including phenoxy) is 3. The molecule has 0 aromatic heterocycles. The summed E-state index contributed by atoms with van der Waals surface area (Å²) in [7, 11) is 1.01. The van der Waals surface area contributed by atoms with Crippen LogP contribution in [-0.2, 0) is 14.8 Å². The maximum atomic E-state index is 12.0. The van der Waals surface area contributed by atoms with Crippen molar-refractivity contribution in [3.05, 3.63) is 23.8 Å². The number of hydrogen-bond acceptors (Lipinski definition) is 6. The fourth-order valence-corrected chi connectivity index (χ4v) is 2.66. The lowest BCUT2D eigenvalue weighted by Gasteiger charge is -2.10. The van der Waals surface area contributed by atoms with Crippen molar-refractivity contribution in [1.29, 1.82) is 0 Å². The molecule has 1 aromatic rings. The first kappa shape index (κ1) is 19.2. The average Bonchev–Trinajstić information content (AvgIpc) is 2.53. The van der Waals surface area contributed by atoms with E-state index in [-0.39, 0.29) is 25.4 Å². The molecule has 0 radical (unpaired) electrons. The monoisotopic (exact) mass is 346 g/mol. The smallest absolute Gasteiger partial charge is 0.251 e.